The van der Waals surface area contributed by atoms with Crippen LogP contribution >= 0.6 is 0 Å². The number of piperidine rings is 1. The molecule has 0 amide bonds. The van der Waals surface area contributed by atoms with E-state index in [0.29, 0.717) is 18.3 Å². The number of aliphatic imine (C=N–C) groups is 1. The van der Waals surface area contributed by atoms with Crippen LogP contribution in [0, 0.1) is 12.8 Å². The largest absolute Gasteiger partial charge is 0.347 e. The summed E-state index contributed by atoms with van der Waals surface area (Å²) in [5.41, 5.74) is 1.44. The van der Waals surface area contributed by atoms with Gasteiger partial charge in [0.05, 0.1) is 6.54 Å². The molecule has 0 bridgehead atoms. The van der Waals surface area contributed by atoms with Crippen LogP contribution in [-0.4, -0.2) is 41.1 Å². The number of aromatic nitrogens is 2. The van der Waals surface area contributed by atoms with Crippen LogP contribution in [-0.2, 0) is 13.0 Å². The Balaban J connectivity index is 1.47. The van der Waals surface area contributed by atoms with Gasteiger partial charge < -0.3 is 14.7 Å². The molecule has 0 atom stereocenters. The summed E-state index contributed by atoms with van der Waals surface area (Å²) in [6, 6.07) is 10.8. The molecule has 2 aromatic rings. The van der Waals surface area contributed by atoms with Crippen LogP contribution in [0.25, 0.3) is 0 Å². The first-order valence-electron chi connectivity index (χ1n) is 8.53. The van der Waals surface area contributed by atoms with Gasteiger partial charge in [0, 0.05) is 20.1 Å². The predicted molar refractivity (Wildman–Crippen MR) is 93.7 cm³/mol. The van der Waals surface area contributed by atoms with E-state index in [9.17, 15) is 0 Å². The normalized spacial score (nSPS) is 16.4. The molecule has 0 unspecified atom stereocenters. The van der Waals surface area contributed by atoms with E-state index in [0.717, 1.165) is 25.0 Å². The molecular weight excluding hydrogens is 302 g/mol. The molecule has 6 heteroatoms. The van der Waals surface area contributed by atoms with Crippen molar-refractivity contribution in [3.05, 3.63) is 47.6 Å². The number of nitrogens with one attached hydrogen (secondary N) is 1. The Hall–Kier alpha value is -2.37. The lowest BCUT2D eigenvalue weighted by molar-refractivity contribution is 0.257. The zero-order valence-corrected chi connectivity index (χ0v) is 14.4. The molecule has 0 spiro atoms. The van der Waals surface area contributed by atoms with Gasteiger partial charge in [-0.3, -0.25) is 4.99 Å². The maximum absolute atomic E-state index is 5.13. The topological polar surface area (TPSA) is 66.5 Å². The summed E-state index contributed by atoms with van der Waals surface area (Å²) in [6.07, 6.45) is 3.55. The number of nitrogens with zero attached hydrogens (tertiary/aromatic N) is 4. The molecule has 1 fully saturated rings. The Morgan fingerprint density at radius 3 is 2.67 bits per heavy atom. The van der Waals surface area contributed by atoms with Gasteiger partial charge in [-0.15, -0.1) is 0 Å². The zero-order chi connectivity index (χ0) is 16.8. The van der Waals surface area contributed by atoms with E-state index in [2.05, 4.69) is 55.7 Å². The predicted octanol–water partition coefficient (Wildman–Crippen LogP) is 2.41. The van der Waals surface area contributed by atoms with Gasteiger partial charge in [0.2, 0.25) is 5.89 Å². The highest BCUT2D eigenvalue weighted by Gasteiger charge is 2.21. The highest BCUT2D eigenvalue weighted by molar-refractivity contribution is 5.79. The maximum atomic E-state index is 5.13. The molecule has 3 rings (SSSR count). The number of hydrogen-bond acceptors (Lipinski definition) is 4. The van der Waals surface area contributed by atoms with Crippen molar-refractivity contribution < 1.29 is 4.52 Å². The second-order valence-corrected chi connectivity index (χ2v) is 6.26. The third-order valence-electron chi connectivity index (χ3n) is 4.46. The summed E-state index contributed by atoms with van der Waals surface area (Å²) in [5, 5.41) is 7.12. The number of aryl methyl sites for hydroxylation is 1. The average Bonchev–Trinajstić information content (AvgIpc) is 3.03. The van der Waals surface area contributed by atoms with Crippen molar-refractivity contribution in [3.63, 3.8) is 0 Å². The van der Waals surface area contributed by atoms with Crippen LogP contribution in [0.1, 0.15) is 30.1 Å². The minimum Gasteiger partial charge on any atom is -0.347 e. The van der Waals surface area contributed by atoms with Gasteiger partial charge in [-0.25, -0.2) is 0 Å². The lowest BCUT2D eigenvalue weighted by Gasteiger charge is -2.34. The quantitative estimate of drug-likeness (QED) is 0.690. The maximum Gasteiger partial charge on any atom is 0.246 e. The van der Waals surface area contributed by atoms with Crippen molar-refractivity contribution in [2.75, 3.05) is 20.1 Å². The molecule has 0 saturated carbocycles. The van der Waals surface area contributed by atoms with Crippen molar-refractivity contribution in [2.45, 2.75) is 32.7 Å². The van der Waals surface area contributed by atoms with Crippen LogP contribution in [0.2, 0.25) is 0 Å². The minimum atomic E-state index is 0.511. The first-order valence-corrected chi connectivity index (χ1v) is 8.53. The van der Waals surface area contributed by atoms with Crippen LogP contribution in [0.3, 0.4) is 0 Å². The Kier molecular flexibility index (Phi) is 5.46. The standard InChI is InChI=1S/C18H25N5O/c1-14-21-17(24-22-14)13-20-18(19-2)23-10-8-16(9-11-23)12-15-6-4-3-5-7-15/h3-7,16H,8-13H2,1-2H3,(H,19,20). The second kappa shape index (κ2) is 7.95. The van der Waals surface area contributed by atoms with E-state index < -0.39 is 0 Å². The van der Waals surface area contributed by atoms with Gasteiger partial charge in [-0.05, 0) is 37.7 Å². The van der Waals surface area contributed by atoms with Crippen LogP contribution < -0.4 is 5.32 Å². The SMILES string of the molecule is CN=C(NCc1nc(C)no1)N1CCC(Cc2ccccc2)CC1. The van der Waals surface area contributed by atoms with E-state index in [1.165, 1.54) is 24.8 Å². The molecule has 1 aliphatic heterocycles. The van der Waals surface area contributed by atoms with Crippen LogP contribution in [0.15, 0.2) is 39.8 Å². The molecule has 1 aromatic heterocycles. The number of benzene rings is 1. The summed E-state index contributed by atoms with van der Waals surface area (Å²) in [7, 11) is 1.82. The van der Waals surface area contributed by atoms with Gasteiger partial charge in [-0.1, -0.05) is 35.5 Å². The second-order valence-electron chi connectivity index (χ2n) is 6.26. The Morgan fingerprint density at radius 2 is 2.04 bits per heavy atom. The van der Waals surface area contributed by atoms with Crippen molar-refractivity contribution in [3.8, 4) is 0 Å². The summed E-state index contributed by atoms with van der Waals surface area (Å²) >= 11 is 0. The van der Waals surface area contributed by atoms with Gasteiger partial charge in [0.15, 0.2) is 11.8 Å². The fourth-order valence-corrected chi connectivity index (χ4v) is 3.20. The van der Waals surface area contributed by atoms with E-state index >= 15 is 0 Å². The third kappa shape index (κ3) is 4.34. The van der Waals surface area contributed by atoms with Crippen molar-refractivity contribution in [1.82, 2.24) is 20.4 Å². The summed E-state index contributed by atoms with van der Waals surface area (Å²) in [4.78, 5) is 10.9. The Morgan fingerprint density at radius 1 is 1.29 bits per heavy atom. The smallest absolute Gasteiger partial charge is 0.246 e. The van der Waals surface area contributed by atoms with E-state index in [1.54, 1.807) is 0 Å². The van der Waals surface area contributed by atoms with Gasteiger partial charge in [-0.2, -0.15) is 4.98 Å². The fourth-order valence-electron chi connectivity index (χ4n) is 3.20. The molecule has 24 heavy (non-hydrogen) atoms. The Bertz CT molecular complexity index is 659. The average molecular weight is 327 g/mol. The molecule has 1 N–H and O–H groups in total. The molecule has 0 aliphatic carbocycles. The summed E-state index contributed by atoms with van der Waals surface area (Å²) < 4.78 is 5.13. The highest BCUT2D eigenvalue weighted by atomic mass is 16.5. The van der Waals surface area contributed by atoms with Gasteiger partial charge in [0.1, 0.15) is 0 Å². The van der Waals surface area contributed by atoms with E-state index in [4.69, 9.17) is 4.52 Å². The van der Waals surface area contributed by atoms with E-state index in [-0.39, 0.29) is 0 Å². The van der Waals surface area contributed by atoms with Crippen molar-refractivity contribution >= 4 is 5.96 Å². The summed E-state index contributed by atoms with van der Waals surface area (Å²) in [6.45, 7) is 4.39. The first-order chi connectivity index (χ1) is 11.7. The molecular formula is C18H25N5O. The molecule has 1 saturated heterocycles. The van der Waals surface area contributed by atoms with Crippen molar-refractivity contribution in [2.24, 2.45) is 10.9 Å². The van der Waals surface area contributed by atoms with Gasteiger partial charge in [0.25, 0.3) is 0 Å². The number of likely N-dealkylation sites (tertiary alicyclic amines) is 1. The minimum absolute atomic E-state index is 0.511. The molecule has 2 heterocycles. The molecule has 1 aromatic carbocycles. The number of rotatable bonds is 4. The Labute approximate surface area is 143 Å². The number of guanidine groups is 1. The molecule has 6 nitrogen and oxygen atoms in total. The number of hydrogen-bond donors (Lipinski definition) is 1. The fraction of sp³-hybridized carbons (Fsp3) is 0.500. The van der Waals surface area contributed by atoms with E-state index in [1.807, 2.05) is 14.0 Å². The zero-order valence-electron chi connectivity index (χ0n) is 14.4. The highest BCUT2D eigenvalue weighted by Crippen LogP contribution is 2.21. The van der Waals surface area contributed by atoms with Crippen LogP contribution in [0.5, 0.6) is 0 Å². The van der Waals surface area contributed by atoms with Gasteiger partial charge >= 0.3 is 0 Å². The molecule has 0 radical (unpaired) electrons. The first kappa shape index (κ1) is 16.5. The lowest BCUT2D eigenvalue weighted by Crippen LogP contribution is -2.45. The lowest BCUT2D eigenvalue weighted by atomic mass is 9.90. The van der Waals surface area contributed by atoms with Crippen LogP contribution in [0.4, 0.5) is 0 Å². The monoisotopic (exact) mass is 327 g/mol. The summed E-state index contributed by atoms with van der Waals surface area (Å²) in [5.74, 6) is 2.90. The third-order valence-corrected chi connectivity index (χ3v) is 4.46. The van der Waals surface area contributed by atoms with Crippen molar-refractivity contribution in [1.29, 1.82) is 0 Å². The molecule has 1 aliphatic rings. The molecule has 128 valence electrons.